The first kappa shape index (κ1) is 23.6. The average molecular weight is 489 g/mol. The van der Waals surface area contributed by atoms with Gasteiger partial charge in [0, 0.05) is 11.4 Å². The van der Waals surface area contributed by atoms with Crippen LogP contribution in [0.1, 0.15) is 60.3 Å². The van der Waals surface area contributed by atoms with Crippen molar-refractivity contribution in [3.63, 3.8) is 0 Å². The molecule has 3 heterocycles. The zero-order valence-corrected chi connectivity index (χ0v) is 20.5. The van der Waals surface area contributed by atoms with Crippen LogP contribution in [-0.2, 0) is 28.9 Å². The fourth-order valence-corrected chi connectivity index (χ4v) is 6.01. The van der Waals surface area contributed by atoms with E-state index in [-0.39, 0.29) is 17.6 Å². The third kappa shape index (κ3) is 5.33. The predicted molar refractivity (Wildman–Crippen MR) is 129 cm³/mol. The molecule has 0 atom stereocenters. The number of thiophene rings is 1. The number of fused-ring (bicyclic) bond motifs is 1. The number of rotatable bonds is 9. The summed E-state index contributed by atoms with van der Waals surface area (Å²) >= 11 is 2.82. The zero-order valence-electron chi connectivity index (χ0n) is 18.9. The van der Waals surface area contributed by atoms with E-state index in [0.29, 0.717) is 33.9 Å². The van der Waals surface area contributed by atoms with Crippen LogP contribution in [0.25, 0.3) is 11.6 Å². The summed E-state index contributed by atoms with van der Waals surface area (Å²) in [6.07, 6.45) is 7.58. The third-order valence-electron chi connectivity index (χ3n) is 5.39. The van der Waals surface area contributed by atoms with Gasteiger partial charge in [-0.15, -0.1) is 21.5 Å². The van der Waals surface area contributed by atoms with Crippen LogP contribution in [0.4, 0.5) is 5.00 Å². The van der Waals surface area contributed by atoms with Crippen LogP contribution in [0.15, 0.2) is 28.0 Å². The van der Waals surface area contributed by atoms with E-state index in [1.807, 2.05) is 16.7 Å². The summed E-state index contributed by atoms with van der Waals surface area (Å²) in [5.74, 6) is 0.908. The number of hydrogen-bond acceptors (Lipinski definition) is 8. The fourth-order valence-electron chi connectivity index (χ4n) is 3.95. The van der Waals surface area contributed by atoms with Gasteiger partial charge in [0.2, 0.25) is 5.91 Å². The molecular weight excluding hydrogens is 460 g/mol. The van der Waals surface area contributed by atoms with Gasteiger partial charge in [0.25, 0.3) is 0 Å². The first-order valence-electron chi connectivity index (χ1n) is 11.3. The number of nitrogens with zero attached hydrogens (tertiary/aromatic N) is 3. The average Bonchev–Trinajstić information content (AvgIpc) is 3.49. The van der Waals surface area contributed by atoms with Crippen LogP contribution in [-0.4, -0.2) is 39.0 Å². The number of esters is 1. The molecule has 0 saturated carbocycles. The summed E-state index contributed by atoms with van der Waals surface area (Å²) in [5, 5.41) is 12.7. The molecule has 1 aliphatic carbocycles. The minimum Gasteiger partial charge on any atom is -0.462 e. The summed E-state index contributed by atoms with van der Waals surface area (Å²) < 4.78 is 12.7. The number of ether oxygens (including phenoxy) is 1. The van der Waals surface area contributed by atoms with Crippen molar-refractivity contribution in [2.24, 2.45) is 0 Å². The molecule has 0 unspecified atom stereocenters. The summed E-state index contributed by atoms with van der Waals surface area (Å²) in [7, 11) is 0. The number of anilines is 1. The maximum atomic E-state index is 12.9. The molecule has 0 aliphatic heterocycles. The van der Waals surface area contributed by atoms with Crippen molar-refractivity contribution in [1.29, 1.82) is 0 Å². The highest BCUT2D eigenvalue weighted by Crippen LogP contribution is 2.38. The molecule has 0 saturated heterocycles. The Bertz CT molecular complexity index is 1100. The molecule has 1 amide bonds. The molecule has 4 rings (SSSR count). The molecule has 3 aromatic heterocycles. The quantitative estimate of drug-likeness (QED) is 0.251. The van der Waals surface area contributed by atoms with Crippen molar-refractivity contribution in [2.75, 3.05) is 17.7 Å². The highest BCUT2D eigenvalue weighted by atomic mass is 32.2. The third-order valence-corrected chi connectivity index (χ3v) is 7.57. The molecule has 10 heteroatoms. The molecule has 1 aliphatic rings. The lowest BCUT2D eigenvalue weighted by molar-refractivity contribution is -0.113. The van der Waals surface area contributed by atoms with Crippen LogP contribution in [0.5, 0.6) is 0 Å². The first-order valence-corrected chi connectivity index (χ1v) is 13.1. The monoisotopic (exact) mass is 488 g/mol. The van der Waals surface area contributed by atoms with E-state index in [9.17, 15) is 9.59 Å². The van der Waals surface area contributed by atoms with E-state index in [4.69, 9.17) is 9.15 Å². The summed E-state index contributed by atoms with van der Waals surface area (Å²) in [6.45, 7) is 4.89. The van der Waals surface area contributed by atoms with Crippen molar-refractivity contribution >= 4 is 40.0 Å². The lowest BCUT2D eigenvalue weighted by Crippen LogP contribution is -2.17. The molecule has 3 aromatic rings. The molecule has 1 N–H and O–H groups in total. The highest BCUT2D eigenvalue weighted by molar-refractivity contribution is 7.99. The second-order valence-electron chi connectivity index (χ2n) is 7.76. The predicted octanol–water partition coefficient (Wildman–Crippen LogP) is 5.19. The Morgan fingerprint density at radius 1 is 1.24 bits per heavy atom. The van der Waals surface area contributed by atoms with Gasteiger partial charge in [0.15, 0.2) is 16.7 Å². The number of carbonyl (C=O) groups is 2. The Kier molecular flexibility index (Phi) is 7.87. The summed E-state index contributed by atoms with van der Waals surface area (Å²) in [5.41, 5.74) is 1.58. The second-order valence-corrected chi connectivity index (χ2v) is 9.81. The molecule has 33 heavy (non-hydrogen) atoms. The van der Waals surface area contributed by atoms with Crippen molar-refractivity contribution in [3.05, 3.63) is 34.4 Å². The molecular formula is C23H28N4O4S2. The van der Waals surface area contributed by atoms with Crippen molar-refractivity contribution in [1.82, 2.24) is 14.8 Å². The number of thioether (sulfide) groups is 1. The van der Waals surface area contributed by atoms with Gasteiger partial charge in [-0.1, -0.05) is 25.1 Å². The van der Waals surface area contributed by atoms with E-state index in [1.165, 1.54) is 28.0 Å². The van der Waals surface area contributed by atoms with E-state index in [1.54, 1.807) is 13.2 Å². The molecule has 0 fully saturated rings. The van der Waals surface area contributed by atoms with Crippen LogP contribution < -0.4 is 5.32 Å². The van der Waals surface area contributed by atoms with E-state index >= 15 is 0 Å². The van der Waals surface area contributed by atoms with Gasteiger partial charge in [-0.05, 0) is 56.7 Å². The Labute approximate surface area is 201 Å². The Hall–Kier alpha value is -2.59. The van der Waals surface area contributed by atoms with E-state index in [2.05, 4.69) is 22.4 Å². The molecule has 176 valence electrons. The Morgan fingerprint density at radius 3 is 2.85 bits per heavy atom. The SMILES string of the molecule is CCCn1c(SCC(=O)Nc2sc3c(c2C(=O)OCC)CCCCC3)nnc1-c1ccco1. The fraction of sp³-hybridized carbons (Fsp3) is 0.478. The maximum absolute atomic E-state index is 12.9. The van der Waals surface area contributed by atoms with Gasteiger partial charge >= 0.3 is 5.97 Å². The van der Waals surface area contributed by atoms with Crippen LogP contribution in [0.3, 0.4) is 0 Å². The lowest BCUT2D eigenvalue weighted by atomic mass is 10.1. The van der Waals surface area contributed by atoms with E-state index in [0.717, 1.165) is 50.6 Å². The topological polar surface area (TPSA) is 99.2 Å². The number of aryl methyl sites for hydroxylation is 1. The van der Waals surface area contributed by atoms with E-state index < -0.39 is 0 Å². The standard InChI is InChI=1S/C23H28N4O4S2/c1-3-12-27-20(16-10-8-13-31-16)25-26-23(27)32-14-18(28)24-21-19(22(29)30-4-2)15-9-6-5-7-11-17(15)33-21/h8,10,13H,3-7,9,11-12,14H2,1-2H3,(H,24,28). The minimum atomic E-state index is -0.356. The van der Waals surface area contributed by atoms with Crippen LogP contribution in [0, 0.1) is 0 Å². The normalized spacial score (nSPS) is 13.4. The first-order chi connectivity index (χ1) is 16.1. The smallest absolute Gasteiger partial charge is 0.341 e. The second kappa shape index (κ2) is 11.0. The highest BCUT2D eigenvalue weighted by Gasteiger charge is 2.27. The van der Waals surface area contributed by atoms with Gasteiger partial charge in [0.05, 0.1) is 24.2 Å². The molecule has 0 aromatic carbocycles. The van der Waals surface area contributed by atoms with Crippen LogP contribution in [0.2, 0.25) is 0 Å². The number of furan rings is 1. The number of nitrogens with one attached hydrogen (secondary N) is 1. The van der Waals surface area contributed by atoms with Gasteiger partial charge in [0.1, 0.15) is 5.00 Å². The van der Waals surface area contributed by atoms with Crippen molar-refractivity contribution in [3.8, 4) is 11.6 Å². The summed E-state index contributed by atoms with van der Waals surface area (Å²) in [4.78, 5) is 26.7. The maximum Gasteiger partial charge on any atom is 0.341 e. The lowest BCUT2D eigenvalue weighted by Gasteiger charge is -2.09. The largest absolute Gasteiger partial charge is 0.462 e. The van der Waals surface area contributed by atoms with Crippen molar-refractivity contribution in [2.45, 2.75) is 64.1 Å². The number of amides is 1. The zero-order chi connectivity index (χ0) is 23.2. The molecule has 0 spiro atoms. The molecule has 0 radical (unpaired) electrons. The Balaban J connectivity index is 1.49. The van der Waals surface area contributed by atoms with Crippen LogP contribution >= 0.6 is 23.1 Å². The van der Waals surface area contributed by atoms with Crippen molar-refractivity contribution < 1.29 is 18.7 Å². The summed E-state index contributed by atoms with van der Waals surface area (Å²) in [6, 6.07) is 3.65. The number of aromatic nitrogens is 3. The molecule has 8 nitrogen and oxygen atoms in total. The van der Waals surface area contributed by atoms with Gasteiger partial charge in [-0.2, -0.15) is 0 Å². The molecule has 0 bridgehead atoms. The van der Waals surface area contributed by atoms with Gasteiger partial charge < -0.3 is 14.5 Å². The number of carbonyl (C=O) groups excluding carboxylic acids is 2. The minimum absolute atomic E-state index is 0.158. The number of hydrogen-bond donors (Lipinski definition) is 1. The van der Waals surface area contributed by atoms with Gasteiger partial charge in [-0.25, -0.2) is 4.79 Å². The van der Waals surface area contributed by atoms with Gasteiger partial charge in [-0.3, -0.25) is 9.36 Å². The Morgan fingerprint density at radius 2 is 2.09 bits per heavy atom.